The van der Waals surface area contributed by atoms with E-state index in [9.17, 15) is 5.26 Å². The van der Waals surface area contributed by atoms with Crippen molar-refractivity contribution in [2.75, 3.05) is 25.1 Å². The largest absolute Gasteiger partial charge is 0.377 e. The van der Waals surface area contributed by atoms with Gasteiger partial charge in [-0.2, -0.15) is 10.4 Å². The van der Waals surface area contributed by atoms with Crippen molar-refractivity contribution < 1.29 is 4.74 Å². The fourth-order valence-corrected chi connectivity index (χ4v) is 2.08. The van der Waals surface area contributed by atoms with Crippen LogP contribution >= 0.6 is 0 Å². The van der Waals surface area contributed by atoms with Crippen molar-refractivity contribution in [3.63, 3.8) is 0 Å². The molecule has 0 aliphatic heterocycles. The van der Waals surface area contributed by atoms with E-state index in [-0.39, 0.29) is 6.10 Å². The van der Waals surface area contributed by atoms with Gasteiger partial charge in [-0.25, -0.2) is 0 Å². The van der Waals surface area contributed by atoms with Crippen LogP contribution in [0.5, 0.6) is 0 Å². The highest BCUT2D eigenvalue weighted by Gasteiger charge is 2.17. The normalized spacial score (nSPS) is 10.7. The minimum atomic E-state index is 0.207. The number of ether oxygens (including phenoxy) is 1. The van der Waals surface area contributed by atoms with Crippen LogP contribution < -0.4 is 4.90 Å². The van der Waals surface area contributed by atoms with Crippen molar-refractivity contribution >= 4 is 5.82 Å². The molecule has 0 fully saturated rings. The first-order valence-electron chi connectivity index (χ1n) is 7.16. The standard InChI is InChI=1S/C15H24N4O/c1-6-12-13(10-16)15(18-17-14(12)7-2)19(5)8-9-20-11(3)4/h11H,6-9H2,1-5H3. The molecule has 0 amide bonds. The first kappa shape index (κ1) is 16.4. The number of anilines is 1. The van der Waals surface area contributed by atoms with Crippen LogP contribution in [0.4, 0.5) is 5.82 Å². The zero-order valence-electron chi connectivity index (χ0n) is 13.1. The summed E-state index contributed by atoms with van der Waals surface area (Å²) in [7, 11) is 1.92. The topological polar surface area (TPSA) is 62.0 Å². The summed E-state index contributed by atoms with van der Waals surface area (Å²) in [6.45, 7) is 9.39. The fraction of sp³-hybridized carbons (Fsp3) is 0.667. The van der Waals surface area contributed by atoms with Gasteiger partial charge in [0.2, 0.25) is 0 Å². The molecule has 0 saturated heterocycles. The van der Waals surface area contributed by atoms with Crippen molar-refractivity contribution in [3.05, 3.63) is 16.8 Å². The van der Waals surface area contributed by atoms with Crippen LogP contribution in [-0.4, -0.2) is 36.5 Å². The molecule has 1 aromatic rings. The van der Waals surface area contributed by atoms with Gasteiger partial charge in [0, 0.05) is 13.6 Å². The molecule has 0 atom stereocenters. The molecular formula is C15H24N4O. The summed E-state index contributed by atoms with van der Waals surface area (Å²) < 4.78 is 5.54. The van der Waals surface area contributed by atoms with Gasteiger partial charge in [-0.3, -0.25) is 0 Å². The predicted octanol–water partition coefficient (Wildman–Crippen LogP) is 2.33. The third kappa shape index (κ3) is 3.91. The Labute approximate surface area is 121 Å². The molecule has 0 spiro atoms. The van der Waals surface area contributed by atoms with Crippen LogP contribution in [0.3, 0.4) is 0 Å². The molecule has 5 heteroatoms. The molecule has 1 aromatic heterocycles. The van der Waals surface area contributed by atoms with Gasteiger partial charge in [0.25, 0.3) is 0 Å². The van der Waals surface area contributed by atoms with Gasteiger partial charge in [0.05, 0.1) is 18.4 Å². The predicted molar refractivity (Wildman–Crippen MR) is 79.9 cm³/mol. The molecule has 0 aliphatic carbocycles. The zero-order chi connectivity index (χ0) is 15.1. The summed E-state index contributed by atoms with van der Waals surface area (Å²) >= 11 is 0. The van der Waals surface area contributed by atoms with E-state index in [1.165, 1.54) is 0 Å². The number of nitriles is 1. The lowest BCUT2D eigenvalue weighted by atomic mass is 10.0. The van der Waals surface area contributed by atoms with E-state index in [1.54, 1.807) is 0 Å². The average molecular weight is 276 g/mol. The Morgan fingerprint density at radius 1 is 1.25 bits per heavy atom. The number of hydrogen-bond donors (Lipinski definition) is 0. The first-order valence-corrected chi connectivity index (χ1v) is 7.16. The minimum Gasteiger partial charge on any atom is -0.377 e. The summed E-state index contributed by atoms with van der Waals surface area (Å²) in [5.74, 6) is 0.647. The summed E-state index contributed by atoms with van der Waals surface area (Å²) in [5, 5.41) is 17.9. The molecule has 0 aromatic carbocycles. The fourth-order valence-electron chi connectivity index (χ4n) is 2.08. The molecular weight excluding hydrogens is 252 g/mol. The van der Waals surface area contributed by atoms with E-state index in [0.717, 1.165) is 24.1 Å². The maximum Gasteiger partial charge on any atom is 0.169 e. The Hall–Kier alpha value is -1.67. The third-order valence-electron chi connectivity index (χ3n) is 3.18. The highest BCUT2D eigenvalue weighted by molar-refractivity contribution is 5.57. The molecule has 110 valence electrons. The molecule has 1 rings (SSSR count). The van der Waals surface area contributed by atoms with Gasteiger partial charge < -0.3 is 9.64 Å². The highest BCUT2D eigenvalue weighted by Crippen LogP contribution is 2.22. The van der Waals surface area contributed by atoms with E-state index in [1.807, 2.05) is 39.6 Å². The van der Waals surface area contributed by atoms with Crippen LogP contribution in [0, 0.1) is 11.3 Å². The maximum absolute atomic E-state index is 9.44. The Morgan fingerprint density at radius 2 is 1.95 bits per heavy atom. The Balaban J connectivity index is 2.97. The van der Waals surface area contributed by atoms with Crippen LogP contribution in [0.2, 0.25) is 0 Å². The molecule has 1 heterocycles. The van der Waals surface area contributed by atoms with Gasteiger partial charge in [0.1, 0.15) is 11.6 Å². The summed E-state index contributed by atoms with van der Waals surface area (Å²) in [4.78, 5) is 1.94. The zero-order valence-corrected chi connectivity index (χ0v) is 13.1. The van der Waals surface area contributed by atoms with Gasteiger partial charge in [-0.15, -0.1) is 5.10 Å². The number of hydrogen-bond acceptors (Lipinski definition) is 5. The van der Waals surface area contributed by atoms with Crippen molar-refractivity contribution in [2.24, 2.45) is 0 Å². The second-order valence-electron chi connectivity index (χ2n) is 4.98. The van der Waals surface area contributed by atoms with Gasteiger partial charge >= 0.3 is 0 Å². The second kappa shape index (κ2) is 7.81. The van der Waals surface area contributed by atoms with Crippen molar-refractivity contribution in [3.8, 4) is 6.07 Å². The van der Waals surface area contributed by atoms with E-state index >= 15 is 0 Å². The SMILES string of the molecule is CCc1nnc(N(C)CCOC(C)C)c(C#N)c1CC. The molecule has 0 bridgehead atoms. The van der Waals surface area contributed by atoms with Gasteiger partial charge in [-0.05, 0) is 32.3 Å². The molecule has 20 heavy (non-hydrogen) atoms. The van der Waals surface area contributed by atoms with Crippen LogP contribution in [0.1, 0.15) is 44.5 Å². The van der Waals surface area contributed by atoms with E-state index < -0.39 is 0 Å². The highest BCUT2D eigenvalue weighted by atomic mass is 16.5. The minimum absolute atomic E-state index is 0.207. The monoisotopic (exact) mass is 276 g/mol. The van der Waals surface area contributed by atoms with Crippen molar-refractivity contribution in [2.45, 2.75) is 46.6 Å². The van der Waals surface area contributed by atoms with Crippen LogP contribution in [0.25, 0.3) is 0 Å². The van der Waals surface area contributed by atoms with E-state index in [0.29, 0.717) is 24.5 Å². The number of likely N-dealkylation sites (N-methyl/N-ethyl adjacent to an activating group) is 1. The van der Waals surface area contributed by atoms with Gasteiger partial charge in [0.15, 0.2) is 5.82 Å². The summed E-state index contributed by atoms with van der Waals surface area (Å²) in [5.41, 5.74) is 2.57. The summed E-state index contributed by atoms with van der Waals surface area (Å²) in [6.07, 6.45) is 1.80. The lowest BCUT2D eigenvalue weighted by Crippen LogP contribution is -2.26. The molecule has 0 saturated carbocycles. The van der Waals surface area contributed by atoms with Crippen molar-refractivity contribution in [1.29, 1.82) is 5.26 Å². The Kier molecular flexibility index (Phi) is 6.40. The second-order valence-corrected chi connectivity index (χ2v) is 4.98. The Bertz CT molecular complexity index is 479. The van der Waals surface area contributed by atoms with E-state index in [2.05, 4.69) is 16.3 Å². The average Bonchev–Trinajstić information content (AvgIpc) is 2.44. The Morgan fingerprint density at radius 3 is 2.45 bits per heavy atom. The molecule has 0 aliphatic rings. The lowest BCUT2D eigenvalue weighted by Gasteiger charge is -2.21. The third-order valence-corrected chi connectivity index (χ3v) is 3.18. The van der Waals surface area contributed by atoms with Crippen LogP contribution in [0.15, 0.2) is 0 Å². The van der Waals surface area contributed by atoms with Crippen molar-refractivity contribution in [1.82, 2.24) is 10.2 Å². The molecule has 5 nitrogen and oxygen atoms in total. The van der Waals surface area contributed by atoms with Crippen LogP contribution in [-0.2, 0) is 17.6 Å². The number of aromatic nitrogens is 2. The number of aryl methyl sites for hydroxylation is 1. The van der Waals surface area contributed by atoms with Gasteiger partial charge in [-0.1, -0.05) is 13.8 Å². The molecule has 0 radical (unpaired) electrons. The first-order chi connectivity index (χ1) is 9.54. The molecule has 0 N–H and O–H groups in total. The smallest absolute Gasteiger partial charge is 0.169 e. The molecule has 0 unspecified atom stereocenters. The summed E-state index contributed by atoms with van der Waals surface area (Å²) in [6, 6.07) is 2.28. The lowest BCUT2D eigenvalue weighted by molar-refractivity contribution is 0.0845. The maximum atomic E-state index is 9.44. The van der Waals surface area contributed by atoms with E-state index in [4.69, 9.17) is 4.74 Å². The number of nitrogens with zero attached hydrogens (tertiary/aromatic N) is 4. The number of rotatable bonds is 7. The quantitative estimate of drug-likeness (QED) is 0.765.